The van der Waals surface area contributed by atoms with Crippen LogP contribution >= 0.6 is 11.8 Å². The van der Waals surface area contributed by atoms with Gasteiger partial charge in [-0.2, -0.15) is 0 Å². The van der Waals surface area contributed by atoms with Gasteiger partial charge in [-0.05, 0) is 25.5 Å². The molecule has 1 unspecified atom stereocenters. The van der Waals surface area contributed by atoms with Crippen LogP contribution in [0.5, 0.6) is 0 Å². The molecule has 1 rings (SSSR count). The third-order valence-electron chi connectivity index (χ3n) is 3.80. The van der Waals surface area contributed by atoms with Crippen molar-refractivity contribution in [2.75, 3.05) is 51.6 Å². The molecule has 29 heavy (non-hydrogen) atoms. The maximum absolute atomic E-state index is 12.6. The summed E-state index contributed by atoms with van der Waals surface area (Å²) < 4.78 is 10.2. The van der Waals surface area contributed by atoms with E-state index in [-0.39, 0.29) is 17.6 Å². The van der Waals surface area contributed by atoms with E-state index >= 15 is 0 Å². The van der Waals surface area contributed by atoms with Gasteiger partial charge in [-0.3, -0.25) is 9.59 Å². The number of anilines is 1. The Kier molecular flexibility index (Phi) is 12.2. The first kappa shape index (κ1) is 25.1. The number of thioether (sulfide) groups is 1. The third-order valence-corrected chi connectivity index (χ3v) is 4.43. The second-order valence-corrected chi connectivity index (χ2v) is 7.51. The van der Waals surface area contributed by atoms with E-state index in [1.54, 1.807) is 13.2 Å². The lowest BCUT2D eigenvalue weighted by Crippen LogP contribution is -2.42. The number of amides is 2. The Morgan fingerprint density at radius 3 is 2.52 bits per heavy atom. The molecule has 1 aromatic heterocycles. The maximum atomic E-state index is 12.6. The zero-order chi connectivity index (χ0) is 21.6. The average molecular weight is 428 g/mol. The number of carbonyl (C=O) groups is 2. The number of hydrogen-bond acceptors (Lipinski definition) is 8. The summed E-state index contributed by atoms with van der Waals surface area (Å²) in [5, 5.41) is 9.39. The van der Waals surface area contributed by atoms with E-state index in [0.29, 0.717) is 56.1 Å². The molecule has 0 saturated carbocycles. The number of methoxy groups -OCH3 is 1. The number of hydrogen-bond donors (Lipinski definition) is 3. The van der Waals surface area contributed by atoms with E-state index in [2.05, 4.69) is 25.9 Å². The van der Waals surface area contributed by atoms with E-state index in [0.717, 1.165) is 0 Å². The van der Waals surface area contributed by atoms with Gasteiger partial charge < -0.3 is 25.4 Å². The summed E-state index contributed by atoms with van der Waals surface area (Å²) in [4.78, 5) is 33.5. The van der Waals surface area contributed by atoms with Gasteiger partial charge in [0.2, 0.25) is 11.7 Å². The minimum Gasteiger partial charge on any atom is -0.383 e. The van der Waals surface area contributed by atoms with Gasteiger partial charge in [-0.15, -0.1) is 11.8 Å². The Bertz CT molecular complexity index is 645. The SMILES string of the molecule is CCOCCNC(=O)C(CC(C)C)Nc1cc(SC)nc(C(=O)NCCOC)n1. The van der Waals surface area contributed by atoms with Gasteiger partial charge in [0.05, 0.1) is 13.2 Å². The first-order valence-electron chi connectivity index (χ1n) is 9.73. The summed E-state index contributed by atoms with van der Waals surface area (Å²) >= 11 is 1.40. The van der Waals surface area contributed by atoms with E-state index < -0.39 is 6.04 Å². The van der Waals surface area contributed by atoms with Crippen LogP contribution in [0.3, 0.4) is 0 Å². The molecule has 0 aliphatic carbocycles. The van der Waals surface area contributed by atoms with Crippen LogP contribution in [0.4, 0.5) is 5.82 Å². The number of nitrogens with zero attached hydrogens (tertiary/aromatic N) is 2. The highest BCUT2D eigenvalue weighted by Gasteiger charge is 2.21. The molecule has 0 bridgehead atoms. The van der Waals surface area contributed by atoms with Crippen LogP contribution in [0, 0.1) is 5.92 Å². The lowest BCUT2D eigenvalue weighted by Gasteiger charge is -2.21. The van der Waals surface area contributed by atoms with Gasteiger partial charge in [0.1, 0.15) is 16.9 Å². The lowest BCUT2D eigenvalue weighted by atomic mass is 10.0. The number of ether oxygens (including phenoxy) is 2. The lowest BCUT2D eigenvalue weighted by molar-refractivity contribution is -0.122. The quantitative estimate of drug-likeness (QED) is 0.233. The van der Waals surface area contributed by atoms with Crippen molar-refractivity contribution in [3.63, 3.8) is 0 Å². The summed E-state index contributed by atoms with van der Waals surface area (Å²) in [6, 6.07) is 1.25. The monoisotopic (exact) mass is 427 g/mol. The molecule has 0 fully saturated rings. The van der Waals surface area contributed by atoms with Crippen molar-refractivity contribution in [2.45, 2.75) is 38.3 Å². The van der Waals surface area contributed by atoms with Crippen LogP contribution in [-0.4, -0.2) is 74.1 Å². The fourth-order valence-corrected chi connectivity index (χ4v) is 2.85. The van der Waals surface area contributed by atoms with Crippen molar-refractivity contribution in [3.8, 4) is 0 Å². The molecule has 1 heterocycles. The molecule has 9 nitrogen and oxygen atoms in total. The van der Waals surface area contributed by atoms with Crippen LogP contribution < -0.4 is 16.0 Å². The Labute approximate surface area is 177 Å². The zero-order valence-corrected chi connectivity index (χ0v) is 18.7. The molecular formula is C19H33N5O4S. The minimum absolute atomic E-state index is 0.0514. The largest absolute Gasteiger partial charge is 0.383 e. The summed E-state index contributed by atoms with van der Waals surface area (Å²) in [6.45, 7) is 8.28. The second kappa shape index (κ2) is 14.1. The highest BCUT2D eigenvalue weighted by Crippen LogP contribution is 2.18. The standard InChI is InChI=1S/C19H33N5O4S/c1-6-28-10-8-20-18(25)14(11-13(2)3)22-15-12-16(29-5)24-17(23-15)19(26)21-7-9-27-4/h12-14H,6-11H2,1-5H3,(H,20,25)(H,21,26)(H,22,23,24). The maximum Gasteiger partial charge on any atom is 0.289 e. The first-order chi connectivity index (χ1) is 13.9. The number of aromatic nitrogens is 2. The highest BCUT2D eigenvalue weighted by atomic mass is 32.2. The van der Waals surface area contributed by atoms with Crippen LogP contribution in [0.2, 0.25) is 0 Å². The number of rotatable bonds is 14. The van der Waals surface area contributed by atoms with Crippen molar-refractivity contribution >= 4 is 29.4 Å². The van der Waals surface area contributed by atoms with E-state index in [1.807, 2.05) is 27.0 Å². The fraction of sp³-hybridized carbons (Fsp3) is 0.684. The summed E-state index contributed by atoms with van der Waals surface area (Å²) in [6.07, 6.45) is 2.49. The van der Waals surface area contributed by atoms with Crippen LogP contribution in [0.1, 0.15) is 37.8 Å². The molecule has 164 valence electrons. The van der Waals surface area contributed by atoms with E-state index in [9.17, 15) is 9.59 Å². The van der Waals surface area contributed by atoms with Gasteiger partial charge in [0.15, 0.2) is 0 Å². The Morgan fingerprint density at radius 1 is 1.17 bits per heavy atom. The molecule has 0 aromatic carbocycles. The van der Waals surface area contributed by atoms with Gasteiger partial charge in [-0.25, -0.2) is 9.97 Å². The molecule has 0 aliphatic rings. The third kappa shape index (κ3) is 9.91. The molecule has 0 saturated heterocycles. The van der Waals surface area contributed by atoms with Gasteiger partial charge >= 0.3 is 0 Å². The molecule has 10 heteroatoms. The van der Waals surface area contributed by atoms with Crippen LogP contribution in [0.25, 0.3) is 0 Å². The average Bonchev–Trinajstić information content (AvgIpc) is 2.70. The van der Waals surface area contributed by atoms with E-state index in [1.165, 1.54) is 11.8 Å². The van der Waals surface area contributed by atoms with Crippen molar-refractivity contribution in [3.05, 3.63) is 11.9 Å². The van der Waals surface area contributed by atoms with E-state index in [4.69, 9.17) is 9.47 Å². The topological polar surface area (TPSA) is 114 Å². The zero-order valence-electron chi connectivity index (χ0n) is 17.9. The van der Waals surface area contributed by atoms with Gasteiger partial charge in [-0.1, -0.05) is 13.8 Å². The van der Waals surface area contributed by atoms with Crippen molar-refractivity contribution in [1.29, 1.82) is 0 Å². The minimum atomic E-state index is -0.481. The normalized spacial score (nSPS) is 11.9. The molecule has 2 amide bonds. The predicted octanol–water partition coefficient (Wildman–Crippen LogP) is 1.55. The first-order valence-corrected chi connectivity index (χ1v) is 11.0. The molecule has 3 N–H and O–H groups in total. The van der Waals surface area contributed by atoms with Crippen LogP contribution in [0.15, 0.2) is 11.1 Å². The van der Waals surface area contributed by atoms with Gasteiger partial charge in [0.25, 0.3) is 5.91 Å². The number of carbonyl (C=O) groups excluding carboxylic acids is 2. The molecule has 1 aromatic rings. The van der Waals surface area contributed by atoms with Gasteiger partial charge in [0, 0.05) is 32.9 Å². The number of nitrogens with one attached hydrogen (secondary N) is 3. The molecule has 0 radical (unpaired) electrons. The summed E-state index contributed by atoms with van der Waals surface area (Å²) in [7, 11) is 1.56. The smallest absolute Gasteiger partial charge is 0.289 e. The van der Waals surface area contributed by atoms with Crippen LogP contribution in [-0.2, 0) is 14.3 Å². The van der Waals surface area contributed by atoms with Crippen molar-refractivity contribution in [1.82, 2.24) is 20.6 Å². The predicted molar refractivity (Wildman–Crippen MR) is 114 cm³/mol. The Morgan fingerprint density at radius 2 is 1.90 bits per heavy atom. The Hall–Kier alpha value is -1.91. The molecule has 0 spiro atoms. The molecule has 1 atom stereocenters. The highest BCUT2D eigenvalue weighted by molar-refractivity contribution is 7.98. The second-order valence-electron chi connectivity index (χ2n) is 6.68. The van der Waals surface area contributed by atoms with Crippen molar-refractivity contribution < 1.29 is 19.1 Å². The summed E-state index contributed by atoms with van der Waals surface area (Å²) in [5.41, 5.74) is 0. The molecule has 0 aliphatic heterocycles. The Balaban J connectivity index is 2.91. The van der Waals surface area contributed by atoms with Crippen molar-refractivity contribution in [2.24, 2.45) is 5.92 Å². The molecular weight excluding hydrogens is 394 g/mol. The fourth-order valence-electron chi connectivity index (χ4n) is 2.45. The summed E-state index contributed by atoms with van der Waals surface area (Å²) in [5.74, 6) is 0.266.